The first kappa shape index (κ1) is 24.3. The van der Waals surface area contributed by atoms with Gasteiger partial charge in [-0.3, -0.25) is 4.79 Å². The van der Waals surface area contributed by atoms with Gasteiger partial charge >= 0.3 is 12.3 Å². The van der Waals surface area contributed by atoms with Crippen molar-refractivity contribution in [1.82, 2.24) is 10.3 Å². The Labute approximate surface area is 200 Å². The first-order valence-corrected chi connectivity index (χ1v) is 11.1. The molecule has 10 heteroatoms. The SMILES string of the molecule is O=C(O)Cc1cc(CCN[C@H](c2ccccc2)[C@H]2CNc3cccnc3N2)ccc1OC(F)(F)F. The van der Waals surface area contributed by atoms with Gasteiger partial charge in [0.15, 0.2) is 0 Å². The number of carbonyl (C=O) groups is 1. The summed E-state index contributed by atoms with van der Waals surface area (Å²) in [6.07, 6.45) is -3.25. The van der Waals surface area contributed by atoms with Crippen molar-refractivity contribution in [2.45, 2.75) is 31.3 Å². The molecular formula is C25H25F3N4O3. The average molecular weight is 486 g/mol. The van der Waals surface area contributed by atoms with Crippen molar-refractivity contribution in [3.05, 3.63) is 83.6 Å². The number of aliphatic carboxylic acids is 1. The number of hydrogen-bond donors (Lipinski definition) is 4. The van der Waals surface area contributed by atoms with Crippen molar-refractivity contribution in [1.29, 1.82) is 0 Å². The molecule has 1 aliphatic heterocycles. The summed E-state index contributed by atoms with van der Waals surface area (Å²) in [7, 11) is 0. The molecule has 0 saturated carbocycles. The van der Waals surface area contributed by atoms with E-state index in [-0.39, 0.29) is 17.6 Å². The van der Waals surface area contributed by atoms with Crippen molar-refractivity contribution in [2.75, 3.05) is 23.7 Å². The predicted octanol–water partition coefficient (Wildman–Crippen LogP) is 4.39. The first-order valence-electron chi connectivity index (χ1n) is 11.1. The fourth-order valence-electron chi connectivity index (χ4n) is 4.15. The van der Waals surface area contributed by atoms with E-state index >= 15 is 0 Å². The molecule has 1 aliphatic rings. The number of benzene rings is 2. The number of halogens is 3. The molecule has 0 bridgehead atoms. The van der Waals surface area contributed by atoms with Crippen molar-refractivity contribution >= 4 is 17.5 Å². The summed E-state index contributed by atoms with van der Waals surface area (Å²) in [5.41, 5.74) is 2.69. The van der Waals surface area contributed by atoms with Crippen LogP contribution in [0.2, 0.25) is 0 Å². The number of hydrogen-bond acceptors (Lipinski definition) is 6. The molecule has 0 aliphatic carbocycles. The third-order valence-corrected chi connectivity index (χ3v) is 5.67. The summed E-state index contributed by atoms with van der Waals surface area (Å²) in [4.78, 5) is 15.6. The number of anilines is 2. The number of rotatable bonds is 9. The van der Waals surface area contributed by atoms with Crippen molar-refractivity contribution in [2.24, 2.45) is 0 Å². The number of aromatic nitrogens is 1. The Morgan fingerprint density at radius 3 is 2.71 bits per heavy atom. The maximum Gasteiger partial charge on any atom is 0.573 e. The minimum absolute atomic E-state index is 0.00932. The van der Waals surface area contributed by atoms with Crippen LogP contribution < -0.4 is 20.7 Å². The summed E-state index contributed by atoms with van der Waals surface area (Å²) in [6, 6.07) is 17.8. The minimum Gasteiger partial charge on any atom is -0.481 e. The van der Waals surface area contributed by atoms with Gasteiger partial charge in [0.2, 0.25) is 0 Å². The molecule has 7 nitrogen and oxygen atoms in total. The van der Waals surface area contributed by atoms with Crippen molar-refractivity contribution in [3.63, 3.8) is 0 Å². The molecule has 4 rings (SSSR count). The Bertz CT molecular complexity index is 1160. The molecule has 0 unspecified atom stereocenters. The maximum absolute atomic E-state index is 12.7. The van der Waals surface area contributed by atoms with E-state index in [1.54, 1.807) is 6.20 Å². The third-order valence-electron chi connectivity index (χ3n) is 5.67. The summed E-state index contributed by atoms with van der Waals surface area (Å²) in [6.45, 7) is 1.18. The van der Waals surface area contributed by atoms with Gasteiger partial charge < -0.3 is 25.8 Å². The van der Waals surface area contributed by atoms with Crippen LogP contribution in [0.4, 0.5) is 24.7 Å². The summed E-state index contributed by atoms with van der Waals surface area (Å²) in [5.74, 6) is -0.964. The van der Waals surface area contributed by atoms with Crippen LogP contribution in [0.5, 0.6) is 5.75 Å². The lowest BCUT2D eigenvalue weighted by Gasteiger charge is -2.34. The van der Waals surface area contributed by atoms with Crippen LogP contribution in [0.25, 0.3) is 0 Å². The van der Waals surface area contributed by atoms with E-state index in [0.29, 0.717) is 25.1 Å². The number of nitrogens with one attached hydrogen (secondary N) is 3. The largest absolute Gasteiger partial charge is 0.573 e. The zero-order valence-corrected chi connectivity index (χ0v) is 18.7. The molecule has 4 N–H and O–H groups in total. The van der Waals surface area contributed by atoms with Crippen molar-refractivity contribution < 1.29 is 27.8 Å². The molecule has 184 valence electrons. The van der Waals surface area contributed by atoms with Crippen LogP contribution >= 0.6 is 0 Å². The lowest BCUT2D eigenvalue weighted by atomic mass is 9.97. The number of nitrogens with zero attached hydrogens (tertiary/aromatic N) is 1. The Kier molecular flexibility index (Phi) is 7.40. The van der Waals surface area contributed by atoms with Crippen LogP contribution in [0.15, 0.2) is 66.9 Å². The average Bonchev–Trinajstić information content (AvgIpc) is 2.82. The van der Waals surface area contributed by atoms with Gasteiger partial charge in [-0.1, -0.05) is 42.5 Å². The molecule has 2 heterocycles. The molecular weight excluding hydrogens is 461 g/mol. The highest BCUT2D eigenvalue weighted by atomic mass is 19.4. The monoisotopic (exact) mass is 486 g/mol. The van der Waals surface area contributed by atoms with Gasteiger partial charge in [0.05, 0.1) is 24.2 Å². The summed E-state index contributed by atoms with van der Waals surface area (Å²) >= 11 is 0. The Morgan fingerprint density at radius 2 is 1.97 bits per heavy atom. The van der Waals surface area contributed by atoms with Crippen LogP contribution in [0.3, 0.4) is 0 Å². The topological polar surface area (TPSA) is 95.5 Å². The van der Waals surface area contributed by atoms with E-state index in [2.05, 4.69) is 25.7 Å². The molecule has 2 aromatic carbocycles. The zero-order chi connectivity index (χ0) is 24.8. The van der Waals surface area contributed by atoms with Gasteiger partial charge in [-0.15, -0.1) is 13.2 Å². The number of alkyl halides is 3. The highest BCUT2D eigenvalue weighted by Crippen LogP contribution is 2.30. The van der Waals surface area contributed by atoms with Crippen LogP contribution in [-0.4, -0.2) is 41.6 Å². The van der Waals surface area contributed by atoms with Crippen LogP contribution in [0.1, 0.15) is 22.7 Å². The molecule has 0 fully saturated rings. The summed E-state index contributed by atoms with van der Waals surface area (Å²) in [5, 5.41) is 19.5. The van der Waals surface area contributed by atoms with Gasteiger partial charge in [0.1, 0.15) is 11.6 Å². The molecule has 0 spiro atoms. The molecule has 2 atom stereocenters. The van der Waals surface area contributed by atoms with E-state index < -0.39 is 24.5 Å². The highest BCUT2D eigenvalue weighted by molar-refractivity contribution is 5.71. The fourth-order valence-corrected chi connectivity index (χ4v) is 4.15. The lowest BCUT2D eigenvalue weighted by molar-refractivity contribution is -0.274. The number of ether oxygens (including phenoxy) is 1. The van der Waals surface area contributed by atoms with E-state index in [1.165, 1.54) is 18.2 Å². The standard InChI is InChI=1S/C25H25F3N4O3/c26-25(27,28)35-21-9-8-16(13-18(21)14-22(33)34)10-12-29-23(17-5-2-1-3-6-17)20-15-31-19-7-4-11-30-24(19)32-20/h1-9,11,13,20,23,29,31H,10,12,14-15H2,(H,30,32)(H,33,34)/t20-,23-/m1/s1. The second-order valence-electron chi connectivity index (χ2n) is 8.18. The van der Waals surface area contributed by atoms with Crippen LogP contribution in [-0.2, 0) is 17.6 Å². The maximum atomic E-state index is 12.7. The predicted molar refractivity (Wildman–Crippen MR) is 125 cm³/mol. The quantitative estimate of drug-likeness (QED) is 0.356. The zero-order valence-electron chi connectivity index (χ0n) is 18.7. The van der Waals surface area contributed by atoms with Crippen molar-refractivity contribution in [3.8, 4) is 5.75 Å². The summed E-state index contributed by atoms with van der Waals surface area (Å²) < 4.78 is 42.1. The van der Waals surface area contributed by atoms with Crippen LogP contribution in [0, 0.1) is 0 Å². The molecule has 0 radical (unpaired) electrons. The van der Waals surface area contributed by atoms with E-state index in [1.807, 2.05) is 42.5 Å². The van der Waals surface area contributed by atoms with E-state index in [4.69, 9.17) is 5.11 Å². The number of carboxylic acid groups (broad SMARTS) is 1. The van der Waals surface area contributed by atoms with E-state index in [0.717, 1.165) is 17.1 Å². The second kappa shape index (κ2) is 10.6. The Balaban J connectivity index is 1.47. The normalized spacial score (nSPS) is 15.9. The Hall–Kier alpha value is -3.79. The van der Waals surface area contributed by atoms with Gasteiger partial charge in [-0.05, 0) is 42.3 Å². The smallest absolute Gasteiger partial charge is 0.481 e. The molecule has 0 amide bonds. The lowest BCUT2D eigenvalue weighted by Crippen LogP contribution is -2.44. The third kappa shape index (κ3) is 6.63. The number of carboxylic acids is 1. The van der Waals surface area contributed by atoms with Gasteiger partial charge in [-0.25, -0.2) is 4.98 Å². The Morgan fingerprint density at radius 1 is 1.17 bits per heavy atom. The van der Waals surface area contributed by atoms with Gasteiger partial charge in [0, 0.05) is 18.3 Å². The van der Waals surface area contributed by atoms with E-state index in [9.17, 15) is 18.0 Å². The highest BCUT2D eigenvalue weighted by Gasteiger charge is 2.32. The number of pyridine rings is 1. The second-order valence-corrected chi connectivity index (χ2v) is 8.18. The first-order chi connectivity index (χ1) is 16.8. The van der Waals surface area contributed by atoms with Gasteiger partial charge in [-0.2, -0.15) is 0 Å². The minimum atomic E-state index is -4.90. The fraction of sp³-hybridized carbons (Fsp3) is 0.280. The molecule has 0 saturated heterocycles. The molecule has 3 aromatic rings. The number of fused-ring (bicyclic) bond motifs is 1. The molecule has 1 aromatic heterocycles. The van der Waals surface area contributed by atoms with Gasteiger partial charge in [0.25, 0.3) is 0 Å². The molecule has 35 heavy (non-hydrogen) atoms.